The van der Waals surface area contributed by atoms with Crippen molar-refractivity contribution in [3.8, 4) is 5.75 Å². The molecule has 2 N–H and O–H groups in total. The maximum atomic E-state index is 5.77. The van der Waals surface area contributed by atoms with E-state index in [1.807, 2.05) is 0 Å². The maximum absolute atomic E-state index is 5.77. The fourth-order valence-electron chi connectivity index (χ4n) is 2.29. The molecular weight excluding hydrogens is 234 g/mol. The minimum atomic E-state index is 0.425. The summed E-state index contributed by atoms with van der Waals surface area (Å²) in [7, 11) is 1.61. The second-order valence-electron chi connectivity index (χ2n) is 4.61. The Morgan fingerprint density at radius 2 is 2.24 bits per heavy atom. The molecule has 1 fully saturated rings. The minimum Gasteiger partial charge on any atom is -0.490 e. The second-order valence-corrected chi connectivity index (χ2v) is 5.90. The summed E-state index contributed by atoms with van der Waals surface area (Å²) in [5.74, 6) is 1.86. The Labute approximate surface area is 106 Å². The molecule has 1 aromatic rings. The molecule has 1 heterocycles. The smallest absolute Gasteiger partial charge is 0.193 e. The molecule has 1 saturated carbocycles. The first-order valence-corrected chi connectivity index (χ1v) is 6.89. The SMILES string of the molecule is COc1c(N)ncnc1SC1CCCC(C)C1. The van der Waals surface area contributed by atoms with Crippen LogP contribution in [0.25, 0.3) is 0 Å². The highest BCUT2D eigenvalue weighted by molar-refractivity contribution is 8.00. The average molecular weight is 253 g/mol. The Hall–Kier alpha value is -0.970. The van der Waals surface area contributed by atoms with Gasteiger partial charge in [0, 0.05) is 5.25 Å². The van der Waals surface area contributed by atoms with Crippen LogP contribution in [0.3, 0.4) is 0 Å². The van der Waals surface area contributed by atoms with Gasteiger partial charge >= 0.3 is 0 Å². The van der Waals surface area contributed by atoms with Gasteiger partial charge in [0.25, 0.3) is 0 Å². The van der Waals surface area contributed by atoms with Crippen LogP contribution >= 0.6 is 11.8 Å². The molecule has 1 aliphatic rings. The Morgan fingerprint density at radius 3 is 2.94 bits per heavy atom. The Bertz CT molecular complexity index is 386. The number of rotatable bonds is 3. The van der Waals surface area contributed by atoms with Gasteiger partial charge in [-0.3, -0.25) is 0 Å². The van der Waals surface area contributed by atoms with E-state index in [0.29, 0.717) is 16.8 Å². The van der Waals surface area contributed by atoms with E-state index in [0.717, 1.165) is 10.9 Å². The molecular formula is C12H19N3OS. The molecule has 0 amide bonds. The number of anilines is 1. The molecule has 0 bridgehead atoms. The van der Waals surface area contributed by atoms with Crippen LogP contribution in [0.1, 0.15) is 32.6 Å². The van der Waals surface area contributed by atoms with Crippen LogP contribution in [0.2, 0.25) is 0 Å². The van der Waals surface area contributed by atoms with E-state index in [-0.39, 0.29) is 0 Å². The Balaban J connectivity index is 2.10. The molecule has 1 aromatic heterocycles. The molecule has 0 aromatic carbocycles. The van der Waals surface area contributed by atoms with Gasteiger partial charge in [0.15, 0.2) is 11.6 Å². The van der Waals surface area contributed by atoms with Gasteiger partial charge in [0.2, 0.25) is 0 Å². The number of nitrogen functional groups attached to an aromatic ring is 1. The molecule has 5 heteroatoms. The molecule has 0 saturated heterocycles. The number of ether oxygens (including phenoxy) is 1. The predicted molar refractivity (Wildman–Crippen MR) is 70.3 cm³/mol. The van der Waals surface area contributed by atoms with Crippen LogP contribution in [-0.2, 0) is 0 Å². The second kappa shape index (κ2) is 5.58. The molecule has 0 radical (unpaired) electrons. The lowest BCUT2D eigenvalue weighted by molar-refractivity contribution is 0.390. The summed E-state index contributed by atoms with van der Waals surface area (Å²) in [6, 6.07) is 0. The minimum absolute atomic E-state index is 0.425. The highest BCUT2D eigenvalue weighted by atomic mass is 32.2. The summed E-state index contributed by atoms with van der Waals surface area (Å²) >= 11 is 1.78. The van der Waals surface area contributed by atoms with Gasteiger partial charge in [0.1, 0.15) is 11.4 Å². The lowest BCUT2D eigenvalue weighted by Crippen LogP contribution is -2.15. The van der Waals surface area contributed by atoms with Crippen molar-refractivity contribution in [3.63, 3.8) is 0 Å². The number of hydrogen-bond acceptors (Lipinski definition) is 5. The summed E-state index contributed by atoms with van der Waals surface area (Å²) in [5.41, 5.74) is 5.77. The number of nitrogens with zero attached hydrogens (tertiary/aromatic N) is 2. The van der Waals surface area contributed by atoms with Crippen molar-refractivity contribution < 1.29 is 4.74 Å². The van der Waals surface area contributed by atoms with Crippen LogP contribution in [-0.4, -0.2) is 22.3 Å². The first-order valence-electron chi connectivity index (χ1n) is 6.01. The lowest BCUT2D eigenvalue weighted by Gasteiger charge is -2.26. The molecule has 17 heavy (non-hydrogen) atoms. The van der Waals surface area contributed by atoms with E-state index < -0.39 is 0 Å². The van der Waals surface area contributed by atoms with Gasteiger partial charge in [-0.25, -0.2) is 9.97 Å². The number of thioether (sulfide) groups is 1. The predicted octanol–water partition coefficient (Wildman–Crippen LogP) is 2.74. The molecule has 2 atom stereocenters. The van der Waals surface area contributed by atoms with Gasteiger partial charge in [-0.15, -0.1) is 0 Å². The fourth-order valence-corrected chi connectivity index (χ4v) is 3.72. The zero-order chi connectivity index (χ0) is 12.3. The monoisotopic (exact) mass is 253 g/mol. The summed E-state index contributed by atoms with van der Waals surface area (Å²) in [4.78, 5) is 8.22. The van der Waals surface area contributed by atoms with Crippen molar-refractivity contribution in [2.75, 3.05) is 12.8 Å². The summed E-state index contributed by atoms with van der Waals surface area (Å²) < 4.78 is 5.27. The van der Waals surface area contributed by atoms with E-state index in [1.54, 1.807) is 18.9 Å². The van der Waals surface area contributed by atoms with Crippen molar-refractivity contribution in [2.45, 2.75) is 42.9 Å². The molecule has 2 unspecified atom stereocenters. The molecule has 94 valence electrons. The van der Waals surface area contributed by atoms with Crippen LogP contribution in [0.5, 0.6) is 5.75 Å². The first-order chi connectivity index (χ1) is 8.20. The van der Waals surface area contributed by atoms with Gasteiger partial charge in [-0.1, -0.05) is 31.5 Å². The standard InChI is InChI=1S/C12H19N3OS/c1-8-4-3-5-9(6-8)17-12-10(16-2)11(13)14-7-15-12/h7-9H,3-6H2,1-2H3,(H2,13,14,15). The fraction of sp³-hybridized carbons (Fsp3) is 0.667. The highest BCUT2D eigenvalue weighted by Crippen LogP contribution is 2.39. The quantitative estimate of drug-likeness (QED) is 0.839. The van der Waals surface area contributed by atoms with Crippen LogP contribution in [0, 0.1) is 5.92 Å². The summed E-state index contributed by atoms with van der Waals surface area (Å²) in [6.45, 7) is 2.32. The van der Waals surface area contributed by atoms with E-state index in [1.165, 1.54) is 32.0 Å². The molecule has 0 spiro atoms. The molecule has 1 aliphatic carbocycles. The third-order valence-corrected chi connectivity index (χ3v) is 4.44. The Kier molecular flexibility index (Phi) is 4.10. The van der Waals surface area contributed by atoms with Crippen molar-refractivity contribution >= 4 is 17.6 Å². The van der Waals surface area contributed by atoms with Crippen LogP contribution in [0.4, 0.5) is 5.82 Å². The normalized spacial score (nSPS) is 24.6. The molecule has 0 aliphatic heterocycles. The summed E-state index contributed by atoms with van der Waals surface area (Å²) in [6.07, 6.45) is 6.66. The van der Waals surface area contributed by atoms with Crippen molar-refractivity contribution in [2.24, 2.45) is 5.92 Å². The largest absolute Gasteiger partial charge is 0.490 e. The van der Waals surface area contributed by atoms with E-state index in [9.17, 15) is 0 Å². The topological polar surface area (TPSA) is 61.0 Å². The number of nitrogens with two attached hydrogens (primary N) is 1. The third-order valence-electron chi connectivity index (χ3n) is 3.17. The summed E-state index contributed by atoms with van der Waals surface area (Å²) in [5, 5.41) is 1.50. The average Bonchev–Trinajstić information content (AvgIpc) is 2.29. The molecule has 4 nitrogen and oxygen atoms in total. The zero-order valence-electron chi connectivity index (χ0n) is 10.3. The van der Waals surface area contributed by atoms with E-state index in [2.05, 4.69) is 16.9 Å². The van der Waals surface area contributed by atoms with Crippen molar-refractivity contribution in [1.82, 2.24) is 9.97 Å². The van der Waals surface area contributed by atoms with Gasteiger partial charge in [-0.2, -0.15) is 0 Å². The third kappa shape index (κ3) is 3.03. The van der Waals surface area contributed by atoms with Gasteiger partial charge < -0.3 is 10.5 Å². The maximum Gasteiger partial charge on any atom is 0.193 e. The zero-order valence-corrected chi connectivity index (χ0v) is 11.2. The van der Waals surface area contributed by atoms with Gasteiger partial charge in [0.05, 0.1) is 7.11 Å². The van der Waals surface area contributed by atoms with Crippen LogP contribution < -0.4 is 10.5 Å². The van der Waals surface area contributed by atoms with E-state index in [4.69, 9.17) is 10.5 Å². The number of methoxy groups -OCH3 is 1. The molecule has 2 rings (SSSR count). The highest BCUT2D eigenvalue weighted by Gasteiger charge is 2.22. The number of hydrogen-bond donors (Lipinski definition) is 1. The van der Waals surface area contributed by atoms with Crippen LogP contribution in [0.15, 0.2) is 11.4 Å². The van der Waals surface area contributed by atoms with Crippen molar-refractivity contribution in [3.05, 3.63) is 6.33 Å². The Morgan fingerprint density at radius 1 is 1.41 bits per heavy atom. The van der Waals surface area contributed by atoms with Crippen molar-refractivity contribution in [1.29, 1.82) is 0 Å². The number of aromatic nitrogens is 2. The lowest BCUT2D eigenvalue weighted by atomic mass is 9.91. The van der Waals surface area contributed by atoms with E-state index >= 15 is 0 Å². The first kappa shape index (κ1) is 12.5. The van der Waals surface area contributed by atoms with Gasteiger partial charge in [-0.05, 0) is 18.8 Å².